The molecule has 1 aromatic heterocycles. The molecule has 1 heterocycles. The second kappa shape index (κ2) is 5.25. The molecule has 2 N–H and O–H groups in total. The maximum Gasteiger partial charge on any atom is 0.189 e. The number of aromatic hydroxyl groups is 1. The van der Waals surface area contributed by atoms with Gasteiger partial charge in [-0.3, -0.25) is 0 Å². The quantitative estimate of drug-likeness (QED) is 0.508. The average molecular weight is 268 g/mol. The molecule has 4 nitrogen and oxygen atoms in total. The van der Waals surface area contributed by atoms with Crippen molar-refractivity contribution in [2.24, 2.45) is 0 Å². The lowest BCUT2D eigenvalue weighted by Gasteiger charge is -2.07. The van der Waals surface area contributed by atoms with Crippen LogP contribution in [0.3, 0.4) is 0 Å². The lowest BCUT2D eigenvalue weighted by Crippen LogP contribution is -1.95. The van der Waals surface area contributed by atoms with Crippen molar-refractivity contribution in [3.8, 4) is 5.75 Å². The van der Waals surface area contributed by atoms with Crippen LogP contribution in [-0.4, -0.2) is 21.3 Å². The molecule has 0 amide bonds. The Bertz CT molecular complexity index is 536. The molecule has 0 saturated heterocycles. The maximum absolute atomic E-state index is 9.30. The first-order valence-electron chi connectivity index (χ1n) is 4.81. The second-order valence-corrected chi connectivity index (χ2v) is 4.40. The van der Waals surface area contributed by atoms with Crippen molar-refractivity contribution in [2.75, 3.05) is 11.6 Å². The molecule has 0 atom stereocenters. The number of hydrogen-bond acceptors (Lipinski definition) is 5. The number of phenolic OH excluding ortho intramolecular Hbond substituents is 1. The predicted molar refractivity (Wildman–Crippen MR) is 70.2 cm³/mol. The summed E-state index contributed by atoms with van der Waals surface area (Å²) < 4.78 is 0. The topological polar surface area (TPSA) is 58.0 Å². The second-order valence-electron chi connectivity index (χ2n) is 3.22. The number of phenols is 1. The minimum absolute atomic E-state index is 0.0599. The van der Waals surface area contributed by atoms with E-state index < -0.39 is 0 Å². The summed E-state index contributed by atoms with van der Waals surface area (Å²) in [5, 5.41) is 13.4. The van der Waals surface area contributed by atoms with Crippen molar-refractivity contribution in [1.29, 1.82) is 0 Å². The van der Waals surface area contributed by atoms with Gasteiger partial charge in [0.1, 0.15) is 11.6 Å². The van der Waals surface area contributed by atoms with Gasteiger partial charge in [0.2, 0.25) is 0 Å². The van der Waals surface area contributed by atoms with Gasteiger partial charge in [0.05, 0.1) is 5.02 Å². The number of rotatable bonds is 3. The molecule has 0 aliphatic heterocycles. The Morgan fingerprint density at radius 1 is 1.35 bits per heavy atom. The fourth-order valence-electron chi connectivity index (χ4n) is 1.24. The fourth-order valence-corrected chi connectivity index (χ4v) is 1.78. The summed E-state index contributed by atoms with van der Waals surface area (Å²) >= 11 is 7.28. The highest BCUT2D eigenvalue weighted by Gasteiger charge is 2.02. The van der Waals surface area contributed by atoms with E-state index in [-0.39, 0.29) is 5.75 Å². The SMILES string of the molecule is CSc1nccc(Nc2ccc(O)c(Cl)c2)n1. The third kappa shape index (κ3) is 3.01. The highest BCUT2D eigenvalue weighted by atomic mass is 35.5. The molecule has 0 spiro atoms. The summed E-state index contributed by atoms with van der Waals surface area (Å²) in [6.07, 6.45) is 3.60. The summed E-state index contributed by atoms with van der Waals surface area (Å²) in [4.78, 5) is 8.35. The number of halogens is 1. The van der Waals surface area contributed by atoms with Gasteiger partial charge in [0.25, 0.3) is 0 Å². The summed E-state index contributed by atoms with van der Waals surface area (Å²) in [7, 11) is 0. The van der Waals surface area contributed by atoms with Crippen LogP contribution in [0.4, 0.5) is 11.5 Å². The third-order valence-corrected chi connectivity index (χ3v) is 2.90. The molecule has 2 aromatic rings. The molecule has 6 heteroatoms. The molecule has 0 aliphatic rings. The summed E-state index contributed by atoms with van der Waals surface area (Å²) in [6.45, 7) is 0. The van der Waals surface area contributed by atoms with Gasteiger partial charge in [-0.1, -0.05) is 23.4 Å². The molecule has 0 aliphatic carbocycles. The van der Waals surface area contributed by atoms with Crippen LogP contribution in [0.15, 0.2) is 35.6 Å². The first kappa shape index (κ1) is 12.0. The Hall–Kier alpha value is -1.46. The van der Waals surface area contributed by atoms with Crippen molar-refractivity contribution >= 4 is 34.9 Å². The van der Waals surface area contributed by atoms with Crippen LogP contribution in [-0.2, 0) is 0 Å². The molecule has 0 unspecified atom stereocenters. The number of nitrogens with one attached hydrogen (secondary N) is 1. The van der Waals surface area contributed by atoms with E-state index in [0.29, 0.717) is 16.0 Å². The van der Waals surface area contributed by atoms with E-state index in [9.17, 15) is 5.11 Å². The van der Waals surface area contributed by atoms with Crippen LogP contribution in [0.5, 0.6) is 5.75 Å². The molecule has 0 radical (unpaired) electrons. The highest BCUT2D eigenvalue weighted by Crippen LogP contribution is 2.27. The van der Waals surface area contributed by atoms with Gasteiger partial charge < -0.3 is 10.4 Å². The number of nitrogens with zero attached hydrogens (tertiary/aromatic N) is 2. The maximum atomic E-state index is 9.30. The van der Waals surface area contributed by atoms with E-state index in [1.807, 2.05) is 6.26 Å². The van der Waals surface area contributed by atoms with Crippen molar-refractivity contribution in [3.05, 3.63) is 35.5 Å². The number of benzene rings is 1. The van der Waals surface area contributed by atoms with E-state index in [1.54, 1.807) is 24.4 Å². The van der Waals surface area contributed by atoms with Gasteiger partial charge in [0.15, 0.2) is 5.16 Å². The van der Waals surface area contributed by atoms with Gasteiger partial charge in [-0.2, -0.15) is 0 Å². The fraction of sp³-hybridized carbons (Fsp3) is 0.0909. The molecule has 0 fully saturated rings. The van der Waals surface area contributed by atoms with E-state index >= 15 is 0 Å². The summed E-state index contributed by atoms with van der Waals surface area (Å²) in [5.74, 6) is 0.746. The van der Waals surface area contributed by atoms with Crippen LogP contribution >= 0.6 is 23.4 Å². The van der Waals surface area contributed by atoms with Crippen LogP contribution in [0.1, 0.15) is 0 Å². The lowest BCUT2D eigenvalue weighted by atomic mass is 10.3. The lowest BCUT2D eigenvalue weighted by molar-refractivity contribution is 0.475. The number of thioether (sulfide) groups is 1. The molecule has 2 rings (SSSR count). The zero-order valence-electron chi connectivity index (χ0n) is 9.01. The van der Waals surface area contributed by atoms with E-state index in [2.05, 4.69) is 15.3 Å². The van der Waals surface area contributed by atoms with Crippen molar-refractivity contribution in [3.63, 3.8) is 0 Å². The smallest absolute Gasteiger partial charge is 0.189 e. The van der Waals surface area contributed by atoms with Gasteiger partial charge in [0, 0.05) is 11.9 Å². The minimum Gasteiger partial charge on any atom is -0.506 e. The Morgan fingerprint density at radius 3 is 2.88 bits per heavy atom. The summed E-state index contributed by atoms with van der Waals surface area (Å²) in [6, 6.07) is 6.65. The van der Waals surface area contributed by atoms with Crippen LogP contribution in [0.2, 0.25) is 5.02 Å². The third-order valence-electron chi connectivity index (χ3n) is 2.04. The largest absolute Gasteiger partial charge is 0.506 e. The number of anilines is 2. The Labute approximate surface area is 108 Å². The normalized spacial score (nSPS) is 10.2. The number of aromatic nitrogens is 2. The van der Waals surface area contributed by atoms with Crippen molar-refractivity contribution in [2.45, 2.75) is 5.16 Å². The summed E-state index contributed by atoms with van der Waals surface area (Å²) in [5.41, 5.74) is 0.763. The van der Waals surface area contributed by atoms with Gasteiger partial charge >= 0.3 is 0 Å². The molecule has 0 saturated carbocycles. The molecular formula is C11H10ClN3OS. The molecule has 0 bridgehead atoms. The van der Waals surface area contributed by atoms with E-state index in [1.165, 1.54) is 17.8 Å². The van der Waals surface area contributed by atoms with Gasteiger partial charge in [-0.05, 0) is 30.5 Å². The van der Waals surface area contributed by atoms with E-state index in [4.69, 9.17) is 11.6 Å². The first-order valence-corrected chi connectivity index (χ1v) is 6.42. The first-order chi connectivity index (χ1) is 8.19. The Balaban J connectivity index is 2.22. The average Bonchev–Trinajstić information content (AvgIpc) is 2.34. The van der Waals surface area contributed by atoms with Gasteiger partial charge in [-0.15, -0.1) is 0 Å². The van der Waals surface area contributed by atoms with Crippen LogP contribution in [0.25, 0.3) is 0 Å². The highest BCUT2D eigenvalue weighted by molar-refractivity contribution is 7.98. The molecule has 88 valence electrons. The van der Waals surface area contributed by atoms with Crippen LogP contribution in [0, 0.1) is 0 Å². The minimum atomic E-state index is 0.0599. The molecular weight excluding hydrogens is 258 g/mol. The Morgan fingerprint density at radius 2 is 2.18 bits per heavy atom. The van der Waals surface area contributed by atoms with E-state index in [0.717, 1.165) is 5.69 Å². The van der Waals surface area contributed by atoms with Crippen molar-refractivity contribution in [1.82, 2.24) is 9.97 Å². The predicted octanol–water partition coefficient (Wildman–Crippen LogP) is 3.30. The van der Waals surface area contributed by atoms with Crippen molar-refractivity contribution < 1.29 is 5.11 Å². The number of hydrogen-bond donors (Lipinski definition) is 2. The van der Waals surface area contributed by atoms with Crippen LogP contribution < -0.4 is 5.32 Å². The zero-order valence-corrected chi connectivity index (χ0v) is 10.6. The Kier molecular flexibility index (Phi) is 3.71. The monoisotopic (exact) mass is 267 g/mol. The molecule has 1 aromatic carbocycles. The van der Waals surface area contributed by atoms with Gasteiger partial charge in [-0.25, -0.2) is 9.97 Å². The standard InChI is InChI=1S/C11H10ClN3OS/c1-17-11-13-5-4-10(15-11)14-7-2-3-9(16)8(12)6-7/h2-6,16H,1H3,(H,13,14,15). The molecule has 17 heavy (non-hydrogen) atoms. The zero-order chi connectivity index (χ0) is 12.3.